The molecule has 8 heteroatoms. The Morgan fingerprint density at radius 1 is 1.26 bits per heavy atom. The molecule has 0 aliphatic rings. The molecule has 2 atom stereocenters. The zero-order valence-electron chi connectivity index (χ0n) is 13.0. The third-order valence-electron chi connectivity index (χ3n) is 2.77. The molecule has 0 aliphatic carbocycles. The maximum atomic E-state index is 12.6. The van der Waals surface area contributed by atoms with Gasteiger partial charge < -0.3 is 20.3 Å². The van der Waals surface area contributed by atoms with Gasteiger partial charge in [0.05, 0.1) is 5.56 Å². The average Bonchev–Trinajstić information content (AvgIpc) is 2.41. The van der Waals surface area contributed by atoms with Gasteiger partial charge in [-0.3, -0.25) is 0 Å². The molecule has 1 amide bonds. The number of ether oxygens (including phenoxy) is 1. The van der Waals surface area contributed by atoms with Gasteiger partial charge in [-0.2, -0.15) is 13.2 Å². The second-order valence-electron chi connectivity index (χ2n) is 6.02. The minimum atomic E-state index is -4.55. The molecule has 1 aromatic carbocycles. The summed E-state index contributed by atoms with van der Waals surface area (Å²) in [5.41, 5.74) is -1.76. The summed E-state index contributed by atoms with van der Waals surface area (Å²) >= 11 is 0. The van der Waals surface area contributed by atoms with Crippen LogP contribution >= 0.6 is 0 Å². The normalized spacial score (nSPS) is 15.0. The highest BCUT2D eigenvalue weighted by atomic mass is 19.4. The number of carbonyl (C=O) groups is 1. The molecule has 2 unspecified atom stereocenters. The summed E-state index contributed by atoms with van der Waals surface area (Å²) in [4.78, 5) is 11.4. The Bertz CT molecular complexity index is 540. The van der Waals surface area contributed by atoms with Gasteiger partial charge in [0.1, 0.15) is 17.8 Å². The standard InChI is InChI=1S/C15H20F3NO4/c1-14(2,3)23-13(22)19-8-11(20)12(21)9-5-4-6-10(7-9)15(16,17)18/h4-7,11-12,20-21H,8H2,1-3H3,(H,19,22). The quantitative estimate of drug-likeness (QED) is 0.790. The summed E-state index contributed by atoms with van der Waals surface area (Å²) in [6.45, 7) is 4.59. The number of aliphatic hydroxyl groups is 2. The Morgan fingerprint density at radius 2 is 1.87 bits per heavy atom. The summed E-state index contributed by atoms with van der Waals surface area (Å²) in [5.74, 6) is 0. The molecule has 0 bridgehead atoms. The summed E-state index contributed by atoms with van der Waals surface area (Å²) < 4.78 is 42.8. The molecule has 5 nitrogen and oxygen atoms in total. The number of aliphatic hydroxyl groups excluding tert-OH is 2. The molecule has 0 spiro atoms. The highest BCUT2D eigenvalue weighted by molar-refractivity contribution is 5.67. The molecule has 0 saturated heterocycles. The van der Waals surface area contributed by atoms with Gasteiger partial charge >= 0.3 is 12.3 Å². The summed E-state index contributed by atoms with van der Waals surface area (Å²) in [5, 5.41) is 22.0. The largest absolute Gasteiger partial charge is 0.444 e. The molecule has 0 heterocycles. The van der Waals surface area contributed by atoms with Crippen LogP contribution in [0.4, 0.5) is 18.0 Å². The van der Waals surface area contributed by atoms with Crippen molar-refractivity contribution in [1.82, 2.24) is 5.32 Å². The van der Waals surface area contributed by atoms with E-state index in [9.17, 15) is 28.2 Å². The predicted octanol–water partition coefficient (Wildman–Crippen LogP) is 2.62. The first kappa shape index (κ1) is 19.2. The van der Waals surface area contributed by atoms with Gasteiger partial charge in [-0.05, 0) is 38.5 Å². The van der Waals surface area contributed by atoms with Crippen LogP contribution in [0.15, 0.2) is 24.3 Å². The maximum Gasteiger partial charge on any atom is 0.416 e. The second kappa shape index (κ2) is 7.18. The minimum Gasteiger partial charge on any atom is -0.444 e. The lowest BCUT2D eigenvalue weighted by Gasteiger charge is -2.22. The van der Waals surface area contributed by atoms with Gasteiger partial charge in [0.2, 0.25) is 0 Å². The Balaban J connectivity index is 2.67. The lowest BCUT2D eigenvalue weighted by atomic mass is 10.0. The van der Waals surface area contributed by atoms with Crippen molar-refractivity contribution in [1.29, 1.82) is 0 Å². The first-order valence-electron chi connectivity index (χ1n) is 6.90. The van der Waals surface area contributed by atoms with E-state index in [0.717, 1.165) is 18.2 Å². The van der Waals surface area contributed by atoms with Crippen LogP contribution in [0.1, 0.15) is 38.0 Å². The Kier molecular flexibility index (Phi) is 6.01. The highest BCUT2D eigenvalue weighted by Crippen LogP contribution is 2.31. The summed E-state index contributed by atoms with van der Waals surface area (Å²) in [6, 6.07) is 4.01. The fraction of sp³-hybridized carbons (Fsp3) is 0.533. The Hall–Kier alpha value is -1.80. The van der Waals surface area contributed by atoms with Crippen molar-refractivity contribution in [2.24, 2.45) is 0 Å². The number of alkyl halides is 3. The van der Waals surface area contributed by atoms with Gasteiger partial charge in [0.25, 0.3) is 0 Å². The van der Waals surface area contributed by atoms with Gasteiger partial charge in [0.15, 0.2) is 0 Å². The predicted molar refractivity (Wildman–Crippen MR) is 76.6 cm³/mol. The fourth-order valence-corrected chi connectivity index (χ4v) is 1.73. The number of hydrogen-bond acceptors (Lipinski definition) is 4. The number of rotatable bonds is 4. The van der Waals surface area contributed by atoms with Crippen LogP contribution in [0.2, 0.25) is 0 Å². The van der Waals surface area contributed by atoms with Gasteiger partial charge in [0, 0.05) is 6.54 Å². The molecule has 3 N–H and O–H groups in total. The van der Waals surface area contributed by atoms with E-state index in [1.165, 1.54) is 6.07 Å². The van der Waals surface area contributed by atoms with Crippen molar-refractivity contribution in [2.75, 3.05) is 6.54 Å². The van der Waals surface area contributed by atoms with E-state index in [4.69, 9.17) is 4.74 Å². The molecule has 1 rings (SSSR count). The SMILES string of the molecule is CC(C)(C)OC(=O)NCC(O)C(O)c1cccc(C(F)(F)F)c1. The van der Waals surface area contributed by atoms with Crippen LogP contribution in [-0.4, -0.2) is 34.6 Å². The molecule has 0 fully saturated rings. The highest BCUT2D eigenvalue weighted by Gasteiger charge is 2.31. The molecule has 23 heavy (non-hydrogen) atoms. The zero-order chi connectivity index (χ0) is 17.8. The van der Waals surface area contributed by atoms with Gasteiger partial charge in [-0.15, -0.1) is 0 Å². The molecule has 1 aromatic rings. The maximum absolute atomic E-state index is 12.6. The number of halogens is 3. The van der Waals surface area contributed by atoms with Crippen LogP contribution < -0.4 is 5.32 Å². The van der Waals surface area contributed by atoms with Gasteiger partial charge in [-0.1, -0.05) is 12.1 Å². The van der Waals surface area contributed by atoms with Crippen LogP contribution in [0.3, 0.4) is 0 Å². The van der Waals surface area contributed by atoms with Crippen molar-refractivity contribution >= 4 is 6.09 Å². The van der Waals surface area contributed by atoms with E-state index in [2.05, 4.69) is 5.32 Å². The van der Waals surface area contributed by atoms with Crippen molar-refractivity contribution in [3.05, 3.63) is 35.4 Å². The topological polar surface area (TPSA) is 78.8 Å². The third kappa shape index (κ3) is 6.45. The molecular formula is C15H20F3NO4. The van der Waals surface area contributed by atoms with Crippen molar-refractivity contribution in [3.8, 4) is 0 Å². The molecule has 0 radical (unpaired) electrons. The molecule has 0 aliphatic heterocycles. The van der Waals surface area contributed by atoms with Crippen molar-refractivity contribution in [2.45, 2.75) is 44.8 Å². The van der Waals surface area contributed by atoms with Gasteiger partial charge in [-0.25, -0.2) is 4.79 Å². The van der Waals surface area contributed by atoms with Crippen LogP contribution in [0.5, 0.6) is 0 Å². The second-order valence-corrected chi connectivity index (χ2v) is 6.02. The molecule has 0 aromatic heterocycles. The smallest absolute Gasteiger partial charge is 0.416 e. The summed E-state index contributed by atoms with van der Waals surface area (Å²) in [6.07, 6.45) is -8.40. The minimum absolute atomic E-state index is 0.0988. The van der Waals surface area contributed by atoms with E-state index in [1.54, 1.807) is 20.8 Å². The first-order valence-corrected chi connectivity index (χ1v) is 6.90. The van der Waals surface area contributed by atoms with Crippen LogP contribution in [0, 0.1) is 0 Å². The van der Waals surface area contributed by atoms with E-state index in [-0.39, 0.29) is 12.1 Å². The molecule has 130 valence electrons. The fourth-order valence-electron chi connectivity index (χ4n) is 1.73. The third-order valence-corrected chi connectivity index (χ3v) is 2.77. The van der Waals surface area contributed by atoms with E-state index >= 15 is 0 Å². The van der Waals surface area contributed by atoms with E-state index in [0.29, 0.717) is 0 Å². The van der Waals surface area contributed by atoms with Crippen molar-refractivity contribution < 1.29 is 32.9 Å². The number of benzene rings is 1. The number of hydrogen-bond donors (Lipinski definition) is 3. The Labute approximate surface area is 132 Å². The molecule has 0 saturated carbocycles. The number of alkyl carbamates (subject to hydrolysis) is 1. The number of amides is 1. The zero-order valence-corrected chi connectivity index (χ0v) is 13.0. The number of carbonyl (C=O) groups excluding carboxylic acids is 1. The lowest BCUT2D eigenvalue weighted by molar-refractivity contribution is -0.137. The monoisotopic (exact) mass is 335 g/mol. The van der Waals surface area contributed by atoms with E-state index in [1.807, 2.05) is 0 Å². The van der Waals surface area contributed by atoms with Crippen LogP contribution in [-0.2, 0) is 10.9 Å². The lowest BCUT2D eigenvalue weighted by Crippen LogP contribution is -2.38. The summed E-state index contributed by atoms with van der Waals surface area (Å²) in [7, 11) is 0. The number of nitrogens with one attached hydrogen (secondary N) is 1. The average molecular weight is 335 g/mol. The van der Waals surface area contributed by atoms with Crippen LogP contribution in [0.25, 0.3) is 0 Å². The van der Waals surface area contributed by atoms with Crippen molar-refractivity contribution in [3.63, 3.8) is 0 Å². The van der Waals surface area contributed by atoms with E-state index < -0.39 is 35.6 Å². The Morgan fingerprint density at radius 3 is 2.39 bits per heavy atom. The molecular weight excluding hydrogens is 315 g/mol. The first-order chi connectivity index (χ1) is 10.4.